The lowest BCUT2D eigenvalue weighted by Gasteiger charge is -2.27. The highest BCUT2D eigenvalue weighted by Gasteiger charge is 2.35. The predicted octanol–water partition coefficient (Wildman–Crippen LogP) is 0.664. The number of rotatable bonds is 3. The Balaban J connectivity index is 2.12. The Labute approximate surface area is 157 Å². The second-order valence-corrected chi connectivity index (χ2v) is 8.62. The maximum Gasteiger partial charge on any atom is 0.209 e. The minimum atomic E-state index is -3.67. The van der Waals surface area contributed by atoms with Crippen LogP contribution >= 0.6 is 12.0 Å². The van der Waals surface area contributed by atoms with Gasteiger partial charge in [-0.3, -0.25) is 5.41 Å². The third kappa shape index (κ3) is 2.96. The van der Waals surface area contributed by atoms with Crippen LogP contribution in [-0.2, 0) is 9.84 Å². The molecule has 0 saturated carbocycles. The quantitative estimate of drug-likeness (QED) is 0.633. The molecule has 0 aliphatic carbocycles. The molecule has 1 fully saturated rings. The molecule has 4 rings (SSSR count). The molecule has 10 nitrogen and oxygen atoms in total. The molecule has 0 atom stereocenters. The van der Waals surface area contributed by atoms with Crippen molar-refractivity contribution in [2.24, 2.45) is 25.7 Å². The monoisotopic (exact) mass is 403 g/mol. The molecule has 138 valence electrons. The van der Waals surface area contributed by atoms with E-state index in [-0.39, 0.29) is 26.7 Å². The smallest absolute Gasteiger partial charge is 0.209 e. The van der Waals surface area contributed by atoms with Crippen molar-refractivity contribution in [3.63, 3.8) is 0 Å². The van der Waals surface area contributed by atoms with E-state index in [1.807, 2.05) is 0 Å². The zero-order valence-electron chi connectivity index (χ0n) is 13.7. The molecule has 1 aromatic carbocycles. The van der Waals surface area contributed by atoms with E-state index in [9.17, 15) is 13.0 Å². The van der Waals surface area contributed by atoms with Gasteiger partial charge < -0.3 is 9.87 Å². The van der Waals surface area contributed by atoms with Crippen LogP contribution in [-0.4, -0.2) is 43.4 Å². The summed E-state index contributed by atoms with van der Waals surface area (Å²) in [6, 6.07) is 3.00. The summed E-state index contributed by atoms with van der Waals surface area (Å²) in [5.41, 5.74) is 0.446. The molecular formula is C15H13N7O3S2. The molecule has 0 radical (unpaired) electrons. The van der Waals surface area contributed by atoms with Crippen molar-refractivity contribution >= 4 is 45.3 Å². The van der Waals surface area contributed by atoms with Gasteiger partial charge in [0.2, 0.25) is 5.82 Å². The Hall–Kier alpha value is -2.54. The number of nitrogens with zero attached hydrogens (tertiary/aromatic N) is 5. The maximum atomic E-state index is 12.9. The van der Waals surface area contributed by atoms with Crippen molar-refractivity contribution in [1.82, 2.24) is 5.32 Å². The summed E-state index contributed by atoms with van der Waals surface area (Å²) in [5.74, 6) is 0.0625. The number of hydrogen-bond donors (Lipinski definition) is 3. The van der Waals surface area contributed by atoms with Gasteiger partial charge in [0, 0.05) is 42.1 Å². The van der Waals surface area contributed by atoms with E-state index >= 15 is 0 Å². The minimum absolute atomic E-state index is 0.00101. The summed E-state index contributed by atoms with van der Waals surface area (Å²) in [7, 11) is -3.67. The van der Waals surface area contributed by atoms with Gasteiger partial charge in [0.25, 0.3) is 0 Å². The average molecular weight is 403 g/mol. The molecule has 27 heavy (non-hydrogen) atoms. The van der Waals surface area contributed by atoms with Crippen LogP contribution in [0, 0.1) is 5.41 Å². The van der Waals surface area contributed by atoms with Crippen molar-refractivity contribution in [2.45, 2.75) is 15.0 Å². The topological polar surface area (TPSA) is 152 Å². The summed E-state index contributed by atoms with van der Waals surface area (Å²) in [4.78, 5) is 4.02. The van der Waals surface area contributed by atoms with E-state index < -0.39 is 15.1 Å². The number of nitrogens with one attached hydrogen (secondary N) is 2. The molecule has 0 bridgehead atoms. The van der Waals surface area contributed by atoms with Gasteiger partial charge in [0.05, 0.1) is 15.0 Å². The van der Waals surface area contributed by atoms with E-state index in [2.05, 4.69) is 31.0 Å². The Kier molecular flexibility index (Phi) is 4.55. The van der Waals surface area contributed by atoms with Crippen molar-refractivity contribution in [3.8, 4) is 0 Å². The number of sulfone groups is 1. The fraction of sp³-hybridized carbons (Fsp3) is 0.200. The molecule has 3 aliphatic rings. The van der Waals surface area contributed by atoms with Crippen LogP contribution in [0.5, 0.6) is 0 Å². The second-order valence-electron chi connectivity index (χ2n) is 5.83. The van der Waals surface area contributed by atoms with Crippen LogP contribution in [0.1, 0.15) is 0 Å². The van der Waals surface area contributed by atoms with E-state index in [1.54, 1.807) is 18.2 Å². The molecule has 0 aromatic heterocycles. The summed E-state index contributed by atoms with van der Waals surface area (Å²) < 4.78 is 35.8. The first kappa shape index (κ1) is 17.9. The largest absolute Gasteiger partial charge is 0.325 e. The van der Waals surface area contributed by atoms with Gasteiger partial charge in [0.1, 0.15) is 0 Å². The fourth-order valence-corrected chi connectivity index (χ4v) is 5.42. The lowest BCUT2D eigenvalue weighted by molar-refractivity contribution is 0.494. The first-order valence-electron chi connectivity index (χ1n) is 7.83. The minimum Gasteiger partial charge on any atom is -0.325 e. The van der Waals surface area contributed by atoms with Crippen LogP contribution in [0.2, 0.25) is 0 Å². The second kappa shape index (κ2) is 6.88. The SMILES string of the molecule is N=C1N=CC=CC1=c1ccc(S(=O)(=O)C2CNC2)c(SO)c1=C1N=NN=N1. The van der Waals surface area contributed by atoms with E-state index in [0.717, 1.165) is 0 Å². The first-order valence-corrected chi connectivity index (χ1v) is 10.1. The summed E-state index contributed by atoms with van der Waals surface area (Å²) in [6.07, 6.45) is 4.82. The van der Waals surface area contributed by atoms with Gasteiger partial charge in [-0.15, -0.1) is 10.2 Å². The molecule has 0 spiro atoms. The molecule has 12 heteroatoms. The van der Waals surface area contributed by atoms with Crippen molar-refractivity contribution in [3.05, 3.63) is 34.7 Å². The van der Waals surface area contributed by atoms with E-state index in [4.69, 9.17) is 5.41 Å². The van der Waals surface area contributed by atoms with Gasteiger partial charge in [-0.2, -0.15) is 0 Å². The Morgan fingerprint density at radius 2 is 1.96 bits per heavy atom. The highest BCUT2D eigenvalue weighted by atomic mass is 32.2. The normalized spacial score (nSPS) is 21.2. The van der Waals surface area contributed by atoms with Crippen LogP contribution in [0.4, 0.5) is 0 Å². The van der Waals surface area contributed by atoms with Crippen LogP contribution in [0.25, 0.3) is 11.4 Å². The summed E-state index contributed by atoms with van der Waals surface area (Å²) in [6.45, 7) is 0.703. The fourth-order valence-electron chi connectivity index (χ4n) is 2.85. The van der Waals surface area contributed by atoms with Crippen molar-refractivity contribution in [1.29, 1.82) is 5.41 Å². The lowest BCUT2D eigenvalue weighted by Crippen LogP contribution is -2.51. The number of allylic oxidation sites excluding steroid dienone is 1. The first-order chi connectivity index (χ1) is 13.0. The van der Waals surface area contributed by atoms with Gasteiger partial charge in [-0.05, 0) is 33.9 Å². The standard InChI is InChI=1S/C15H13N7O3S2/c16-14-10(2-1-5-18-14)9-3-4-11(27(24,25)8-6-17-7-8)13(26-23)12(9)15-19-21-22-20-15/h1-5,8,16-17,23H,6-7H2. The highest BCUT2D eigenvalue weighted by molar-refractivity contribution is 7.96. The Bertz CT molecular complexity index is 1160. The molecular weight excluding hydrogens is 390 g/mol. The van der Waals surface area contributed by atoms with E-state index in [1.165, 1.54) is 12.3 Å². The molecule has 3 N–H and O–H groups in total. The molecule has 3 heterocycles. The van der Waals surface area contributed by atoms with Crippen LogP contribution in [0.15, 0.2) is 59.7 Å². The predicted molar refractivity (Wildman–Crippen MR) is 99.9 cm³/mol. The molecule has 3 aliphatic heterocycles. The Morgan fingerprint density at radius 3 is 2.56 bits per heavy atom. The average Bonchev–Trinajstić information content (AvgIpc) is 3.13. The number of hydrogen-bond acceptors (Lipinski definition) is 10. The van der Waals surface area contributed by atoms with Gasteiger partial charge in [-0.1, -0.05) is 6.07 Å². The maximum absolute atomic E-state index is 12.9. The molecule has 0 amide bonds. The van der Waals surface area contributed by atoms with Crippen LogP contribution in [0.3, 0.4) is 0 Å². The molecule has 1 aromatic rings. The highest BCUT2D eigenvalue weighted by Crippen LogP contribution is 2.26. The van der Waals surface area contributed by atoms with Crippen molar-refractivity contribution < 1.29 is 13.0 Å². The number of aliphatic imine (C=N–C) groups is 1. The third-order valence-electron chi connectivity index (χ3n) is 4.34. The summed E-state index contributed by atoms with van der Waals surface area (Å²) >= 11 is 0.297. The molecule has 1 saturated heterocycles. The van der Waals surface area contributed by atoms with Gasteiger partial charge >= 0.3 is 0 Å². The zero-order chi connectivity index (χ0) is 19.0. The van der Waals surface area contributed by atoms with E-state index in [0.29, 0.717) is 35.9 Å². The third-order valence-corrected chi connectivity index (χ3v) is 7.24. The summed E-state index contributed by atoms with van der Waals surface area (Å²) in [5, 5.41) is 25.7. The van der Waals surface area contributed by atoms with Crippen LogP contribution < -0.4 is 15.8 Å². The van der Waals surface area contributed by atoms with Gasteiger partial charge in [0.15, 0.2) is 15.7 Å². The number of dihydropyridines is 1. The molecule has 0 unspecified atom stereocenters. The van der Waals surface area contributed by atoms with Crippen molar-refractivity contribution in [2.75, 3.05) is 13.1 Å². The zero-order valence-corrected chi connectivity index (χ0v) is 15.3. The lowest BCUT2D eigenvalue weighted by atomic mass is 10.1. The Morgan fingerprint density at radius 1 is 1.22 bits per heavy atom. The number of benzene rings is 1. The number of amidine groups is 1. The van der Waals surface area contributed by atoms with Gasteiger partial charge in [-0.25, -0.2) is 13.4 Å².